The van der Waals surface area contributed by atoms with Crippen LogP contribution in [-0.4, -0.2) is 23.8 Å². The topological polar surface area (TPSA) is 32.3 Å². The molecule has 1 fully saturated rings. The summed E-state index contributed by atoms with van der Waals surface area (Å²) in [5.41, 5.74) is 0. The lowest BCUT2D eigenvalue weighted by atomic mass is 10.2. The molecule has 0 unspecified atom stereocenters. The van der Waals surface area contributed by atoms with Gasteiger partial charge in [0.1, 0.15) is 0 Å². The second-order valence-electron chi connectivity index (χ2n) is 3.24. The van der Waals surface area contributed by atoms with E-state index in [0.717, 1.165) is 6.54 Å². The summed E-state index contributed by atoms with van der Waals surface area (Å²) in [6, 6.07) is 0.689. The van der Waals surface area contributed by atoms with E-state index in [4.69, 9.17) is 5.11 Å². The fourth-order valence-electron chi connectivity index (χ4n) is 1.47. The largest absolute Gasteiger partial charge is 0.392 e. The number of aliphatic hydroxyl groups is 1. The summed E-state index contributed by atoms with van der Waals surface area (Å²) >= 11 is 0. The SMILES string of the molecule is C[C@H](O)CNC1CCCC1.S. The lowest BCUT2D eigenvalue weighted by Gasteiger charge is -2.12. The maximum Gasteiger partial charge on any atom is 0.0636 e. The van der Waals surface area contributed by atoms with Crippen LogP contribution in [0.3, 0.4) is 0 Å². The van der Waals surface area contributed by atoms with Gasteiger partial charge in [0, 0.05) is 12.6 Å². The fourth-order valence-corrected chi connectivity index (χ4v) is 1.47. The average Bonchev–Trinajstić information content (AvgIpc) is 2.34. The molecule has 0 aliphatic heterocycles. The van der Waals surface area contributed by atoms with Crippen molar-refractivity contribution in [2.24, 2.45) is 0 Å². The Morgan fingerprint density at radius 1 is 1.45 bits per heavy atom. The first kappa shape index (κ1) is 11.3. The molecular formula is C8H19NOS. The van der Waals surface area contributed by atoms with Crippen LogP contribution in [0.15, 0.2) is 0 Å². The monoisotopic (exact) mass is 177 g/mol. The van der Waals surface area contributed by atoms with Gasteiger partial charge in [-0.1, -0.05) is 12.8 Å². The van der Waals surface area contributed by atoms with E-state index >= 15 is 0 Å². The minimum atomic E-state index is -0.194. The van der Waals surface area contributed by atoms with E-state index in [2.05, 4.69) is 5.32 Å². The minimum Gasteiger partial charge on any atom is -0.392 e. The van der Waals surface area contributed by atoms with Crippen LogP contribution >= 0.6 is 13.5 Å². The smallest absolute Gasteiger partial charge is 0.0636 e. The summed E-state index contributed by atoms with van der Waals surface area (Å²) in [4.78, 5) is 0. The van der Waals surface area contributed by atoms with Gasteiger partial charge in [-0.3, -0.25) is 0 Å². The van der Waals surface area contributed by atoms with Gasteiger partial charge in [-0.25, -0.2) is 0 Å². The van der Waals surface area contributed by atoms with Crippen molar-refractivity contribution in [3.05, 3.63) is 0 Å². The van der Waals surface area contributed by atoms with Crippen molar-refractivity contribution in [1.82, 2.24) is 5.32 Å². The third kappa shape index (κ3) is 4.67. The van der Waals surface area contributed by atoms with Gasteiger partial charge in [0.05, 0.1) is 6.10 Å². The first-order chi connectivity index (χ1) is 4.79. The summed E-state index contributed by atoms with van der Waals surface area (Å²) < 4.78 is 0. The molecule has 1 atom stereocenters. The van der Waals surface area contributed by atoms with Crippen LogP contribution in [0.5, 0.6) is 0 Å². The number of hydrogen-bond donors (Lipinski definition) is 2. The molecule has 1 aliphatic rings. The molecule has 1 saturated carbocycles. The molecule has 0 heterocycles. The van der Waals surface area contributed by atoms with Crippen molar-refractivity contribution in [3.63, 3.8) is 0 Å². The van der Waals surface area contributed by atoms with E-state index in [-0.39, 0.29) is 19.6 Å². The molecule has 0 radical (unpaired) electrons. The lowest BCUT2D eigenvalue weighted by molar-refractivity contribution is 0.186. The Balaban J connectivity index is 0.000001000. The molecule has 0 saturated heterocycles. The van der Waals surface area contributed by atoms with Gasteiger partial charge in [0.2, 0.25) is 0 Å². The van der Waals surface area contributed by atoms with E-state index < -0.39 is 0 Å². The van der Waals surface area contributed by atoms with Crippen molar-refractivity contribution in [3.8, 4) is 0 Å². The number of nitrogens with one attached hydrogen (secondary N) is 1. The Bertz CT molecular complexity index is 92.1. The standard InChI is InChI=1S/C8H17NO.H2S/c1-7(10)6-9-8-4-2-3-5-8;/h7-10H,2-6H2,1H3;1H2/t7-;/m0./s1. The number of hydrogen-bond acceptors (Lipinski definition) is 2. The van der Waals surface area contributed by atoms with Crippen LogP contribution in [0.1, 0.15) is 32.6 Å². The quantitative estimate of drug-likeness (QED) is 0.674. The molecule has 0 aromatic heterocycles. The molecule has 3 heteroatoms. The van der Waals surface area contributed by atoms with Gasteiger partial charge in [-0.15, -0.1) is 0 Å². The Hall–Kier alpha value is 0.270. The molecular weight excluding hydrogens is 158 g/mol. The molecule has 11 heavy (non-hydrogen) atoms. The molecule has 0 bridgehead atoms. The van der Waals surface area contributed by atoms with Crippen LogP contribution in [0, 0.1) is 0 Å². The van der Waals surface area contributed by atoms with Crippen LogP contribution in [0.4, 0.5) is 0 Å². The molecule has 2 nitrogen and oxygen atoms in total. The zero-order valence-electron chi connectivity index (χ0n) is 7.14. The Kier molecular flexibility index (Phi) is 6.01. The van der Waals surface area contributed by atoms with Crippen molar-refractivity contribution >= 4 is 13.5 Å². The summed E-state index contributed by atoms with van der Waals surface area (Å²) in [5, 5.41) is 12.3. The highest BCUT2D eigenvalue weighted by Crippen LogP contribution is 2.17. The summed E-state index contributed by atoms with van der Waals surface area (Å²) in [6.07, 6.45) is 5.12. The average molecular weight is 177 g/mol. The van der Waals surface area contributed by atoms with Gasteiger partial charge in [0.15, 0.2) is 0 Å². The van der Waals surface area contributed by atoms with E-state index in [1.165, 1.54) is 25.7 Å². The van der Waals surface area contributed by atoms with E-state index in [1.807, 2.05) is 6.92 Å². The third-order valence-corrected chi connectivity index (χ3v) is 2.06. The van der Waals surface area contributed by atoms with E-state index in [0.29, 0.717) is 6.04 Å². The molecule has 1 rings (SSSR count). The Morgan fingerprint density at radius 2 is 2.00 bits per heavy atom. The number of aliphatic hydroxyl groups excluding tert-OH is 1. The normalized spacial score (nSPS) is 21.3. The fraction of sp³-hybridized carbons (Fsp3) is 1.00. The highest BCUT2D eigenvalue weighted by molar-refractivity contribution is 7.59. The van der Waals surface area contributed by atoms with Gasteiger partial charge < -0.3 is 10.4 Å². The molecule has 0 spiro atoms. The predicted octanol–water partition coefficient (Wildman–Crippen LogP) is 1.01. The van der Waals surface area contributed by atoms with Crippen LogP contribution in [0.25, 0.3) is 0 Å². The number of rotatable bonds is 3. The Labute approximate surface area is 75.8 Å². The van der Waals surface area contributed by atoms with Crippen LogP contribution in [-0.2, 0) is 0 Å². The zero-order chi connectivity index (χ0) is 7.40. The maximum absolute atomic E-state index is 8.95. The van der Waals surface area contributed by atoms with Crippen LogP contribution in [0.2, 0.25) is 0 Å². The molecule has 1 aliphatic carbocycles. The van der Waals surface area contributed by atoms with Crippen molar-refractivity contribution < 1.29 is 5.11 Å². The van der Waals surface area contributed by atoms with Gasteiger partial charge in [-0.05, 0) is 19.8 Å². The molecule has 0 amide bonds. The first-order valence-corrected chi connectivity index (χ1v) is 4.20. The molecule has 0 aromatic rings. The summed E-state index contributed by atoms with van der Waals surface area (Å²) in [6.45, 7) is 2.58. The highest BCUT2D eigenvalue weighted by atomic mass is 32.1. The van der Waals surface area contributed by atoms with Gasteiger partial charge in [-0.2, -0.15) is 13.5 Å². The molecule has 2 N–H and O–H groups in total. The minimum absolute atomic E-state index is 0. The first-order valence-electron chi connectivity index (χ1n) is 4.20. The summed E-state index contributed by atoms with van der Waals surface area (Å²) in [7, 11) is 0. The highest BCUT2D eigenvalue weighted by Gasteiger charge is 2.13. The van der Waals surface area contributed by atoms with E-state index in [9.17, 15) is 0 Å². The summed E-state index contributed by atoms with van der Waals surface area (Å²) in [5.74, 6) is 0. The second-order valence-corrected chi connectivity index (χ2v) is 3.24. The van der Waals surface area contributed by atoms with Crippen molar-refractivity contribution in [2.75, 3.05) is 6.54 Å². The van der Waals surface area contributed by atoms with Crippen molar-refractivity contribution in [1.29, 1.82) is 0 Å². The van der Waals surface area contributed by atoms with E-state index in [1.54, 1.807) is 0 Å². The van der Waals surface area contributed by atoms with Gasteiger partial charge >= 0.3 is 0 Å². The lowest BCUT2D eigenvalue weighted by Crippen LogP contribution is -2.32. The molecule has 0 aromatic carbocycles. The zero-order valence-corrected chi connectivity index (χ0v) is 8.14. The Morgan fingerprint density at radius 3 is 2.45 bits per heavy atom. The van der Waals surface area contributed by atoms with Gasteiger partial charge in [0.25, 0.3) is 0 Å². The van der Waals surface area contributed by atoms with Crippen molar-refractivity contribution in [2.45, 2.75) is 44.8 Å². The predicted molar refractivity (Wildman–Crippen MR) is 52.3 cm³/mol. The molecule has 68 valence electrons. The van der Waals surface area contributed by atoms with Crippen LogP contribution < -0.4 is 5.32 Å². The third-order valence-electron chi connectivity index (χ3n) is 2.06. The second kappa shape index (κ2) is 5.86. The maximum atomic E-state index is 8.95.